The molecule has 14 heavy (non-hydrogen) atoms. The lowest BCUT2D eigenvalue weighted by Crippen LogP contribution is -2.34. The van der Waals surface area contributed by atoms with Crippen LogP contribution in [-0.2, 0) is 0 Å². The Morgan fingerprint density at radius 1 is 1.57 bits per heavy atom. The molecule has 3 nitrogen and oxygen atoms in total. The molecule has 1 N–H and O–H groups in total. The highest BCUT2D eigenvalue weighted by Crippen LogP contribution is 2.29. The molecule has 1 fully saturated rings. The predicted octanol–water partition coefficient (Wildman–Crippen LogP) is 2.01. The summed E-state index contributed by atoms with van der Waals surface area (Å²) in [4.78, 5) is 4.10. The first-order valence-electron chi connectivity index (χ1n) is 4.87. The van der Waals surface area contributed by atoms with Crippen molar-refractivity contribution < 1.29 is 0 Å². The summed E-state index contributed by atoms with van der Waals surface area (Å²) in [5.41, 5.74) is 4.44. The SMILES string of the molecule is CNN1CCCC1c1ccc(Cl)nc1. The third-order valence-corrected chi connectivity index (χ3v) is 2.90. The Kier molecular flexibility index (Phi) is 3.01. The van der Waals surface area contributed by atoms with Crippen molar-refractivity contribution in [2.45, 2.75) is 18.9 Å². The molecule has 0 amide bonds. The van der Waals surface area contributed by atoms with Gasteiger partial charge in [0.2, 0.25) is 0 Å². The lowest BCUT2D eigenvalue weighted by Gasteiger charge is -2.23. The molecule has 1 unspecified atom stereocenters. The molecular formula is C10H14ClN3. The fraction of sp³-hybridized carbons (Fsp3) is 0.500. The predicted molar refractivity (Wildman–Crippen MR) is 57.0 cm³/mol. The van der Waals surface area contributed by atoms with Crippen molar-refractivity contribution >= 4 is 11.6 Å². The first-order valence-corrected chi connectivity index (χ1v) is 5.24. The number of nitrogens with zero attached hydrogens (tertiary/aromatic N) is 2. The van der Waals surface area contributed by atoms with Gasteiger partial charge in [-0.05, 0) is 31.5 Å². The summed E-state index contributed by atoms with van der Waals surface area (Å²) in [5.74, 6) is 0. The van der Waals surface area contributed by atoms with Crippen LogP contribution in [0.15, 0.2) is 18.3 Å². The fourth-order valence-corrected chi connectivity index (χ4v) is 2.08. The van der Waals surface area contributed by atoms with Gasteiger partial charge in [0, 0.05) is 12.7 Å². The molecule has 2 rings (SSSR count). The minimum absolute atomic E-state index is 0.449. The molecule has 0 spiro atoms. The first kappa shape index (κ1) is 9.90. The van der Waals surface area contributed by atoms with E-state index in [1.807, 2.05) is 19.3 Å². The second kappa shape index (κ2) is 4.26. The average Bonchev–Trinajstić information content (AvgIpc) is 2.67. The van der Waals surface area contributed by atoms with Gasteiger partial charge in [-0.15, -0.1) is 0 Å². The van der Waals surface area contributed by atoms with Crippen LogP contribution in [0.4, 0.5) is 0 Å². The summed E-state index contributed by atoms with van der Waals surface area (Å²) in [6, 6.07) is 4.35. The quantitative estimate of drug-likeness (QED) is 0.759. The van der Waals surface area contributed by atoms with E-state index < -0.39 is 0 Å². The highest BCUT2D eigenvalue weighted by atomic mass is 35.5. The molecular weight excluding hydrogens is 198 g/mol. The molecule has 1 aliphatic heterocycles. The second-order valence-electron chi connectivity index (χ2n) is 3.49. The molecule has 1 saturated heterocycles. The van der Waals surface area contributed by atoms with Crippen LogP contribution in [0.25, 0.3) is 0 Å². The average molecular weight is 212 g/mol. The minimum Gasteiger partial charge on any atom is -0.258 e. The number of rotatable bonds is 2. The molecule has 4 heteroatoms. The van der Waals surface area contributed by atoms with Gasteiger partial charge in [-0.2, -0.15) is 0 Å². The van der Waals surface area contributed by atoms with Crippen LogP contribution in [0.3, 0.4) is 0 Å². The van der Waals surface area contributed by atoms with Crippen molar-refractivity contribution in [3.63, 3.8) is 0 Å². The minimum atomic E-state index is 0.449. The van der Waals surface area contributed by atoms with Crippen molar-refractivity contribution in [3.8, 4) is 0 Å². The van der Waals surface area contributed by atoms with Gasteiger partial charge in [0.25, 0.3) is 0 Å². The summed E-state index contributed by atoms with van der Waals surface area (Å²) >= 11 is 5.75. The van der Waals surface area contributed by atoms with Gasteiger partial charge in [0.1, 0.15) is 5.15 Å². The van der Waals surface area contributed by atoms with Gasteiger partial charge in [0.15, 0.2) is 0 Å². The van der Waals surface area contributed by atoms with Gasteiger partial charge in [-0.25, -0.2) is 9.99 Å². The molecule has 0 radical (unpaired) electrons. The smallest absolute Gasteiger partial charge is 0.129 e. The van der Waals surface area contributed by atoms with Crippen molar-refractivity contribution in [1.82, 2.24) is 15.4 Å². The Balaban J connectivity index is 2.17. The maximum Gasteiger partial charge on any atom is 0.129 e. The molecule has 0 saturated carbocycles. The van der Waals surface area contributed by atoms with E-state index in [0.29, 0.717) is 11.2 Å². The standard InChI is InChI=1S/C10H14ClN3/c1-12-14-6-2-3-9(14)8-4-5-10(11)13-7-8/h4-5,7,9,12H,2-3,6H2,1H3. The Hall–Kier alpha value is -0.640. The van der Waals surface area contributed by atoms with E-state index in [4.69, 9.17) is 11.6 Å². The summed E-state index contributed by atoms with van der Waals surface area (Å²) < 4.78 is 0. The zero-order chi connectivity index (χ0) is 9.97. The molecule has 0 aliphatic carbocycles. The molecule has 76 valence electrons. The van der Waals surface area contributed by atoms with Crippen molar-refractivity contribution in [3.05, 3.63) is 29.0 Å². The van der Waals surface area contributed by atoms with Crippen molar-refractivity contribution in [2.24, 2.45) is 0 Å². The largest absolute Gasteiger partial charge is 0.258 e. The van der Waals surface area contributed by atoms with Crippen molar-refractivity contribution in [2.75, 3.05) is 13.6 Å². The molecule has 0 aromatic carbocycles. The monoisotopic (exact) mass is 211 g/mol. The third-order valence-electron chi connectivity index (χ3n) is 2.68. The zero-order valence-corrected chi connectivity index (χ0v) is 8.96. The number of hydrogen-bond donors (Lipinski definition) is 1. The Bertz CT molecular complexity index is 299. The number of nitrogens with one attached hydrogen (secondary N) is 1. The van der Waals surface area contributed by atoms with E-state index in [0.717, 1.165) is 6.54 Å². The fourth-order valence-electron chi connectivity index (χ4n) is 1.97. The van der Waals surface area contributed by atoms with Crippen LogP contribution in [0.5, 0.6) is 0 Å². The molecule has 0 bridgehead atoms. The first-order chi connectivity index (χ1) is 6.81. The van der Waals surface area contributed by atoms with Crippen LogP contribution >= 0.6 is 11.6 Å². The topological polar surface area (TPSA) is 28.2 Å². The molecule has 1 aromatic heterocycles. The second-order valence-corrected chi connectivity index (χ2v) is 3.88. The van der Waals surface area contributed by atoms with Crippen LogP contribution in [0.2, 0.25) is 5.15 Å². The number of hydrogen-bond acceptors (Lipinski definition) is 3. The normalized spacial score (nSPS) is 22.9. The summed E-state index contributed by atoms with van der Waals surface area (Å²) in [6.45, 7) is 1.10. The van der Waals surface area contributed by atoms with Gasteiger partial charge < -0.3 is 0 Å². The number of pyridine rings is 1. The number of hydrazine groups is 1. The van der Waals surface area contributed by atoms with E-state index in [-0.39, 0.29) is 0 Å². The molecule has 2 heterocycles. The van der Waals surface area contributed by atoms with E-state index in [1.165, 1.54) is 18.4 Å². The van der Waals surface area contributed by atoms with Crippen LogP contribution < -0.4 is 5.43 Å². The molecule has 1 aromatic rings. The Morgan fingerprint density at radius 2 is 2.43 bits per heavy atom. The van der Waals surface area contributed by atoms with E-state index in [1.54, 1.807) is 0 Å². The Labute approximate surface area is 89.1 Å². The van der Waals surface area contributed by atoms with E-state index in [2.05, 4.69) is 21.5 Å². The number of aromatic nitrogens is 1. The van der Waals surface area contributed by atoms with Gasteiger partial charge in [0.05, 0.1) is 6.04 Å². The zero-order valence-electron chi connectivity index (χ0n) is 8.20. The van der Waals surface area contributed by atoms with Crippen LogP contribution in [0.1, 0.15) is 24.4 Å². The van der Waals surface area contributed by atoms with Crippen LogP contribution in [0, 0.1) is 0 Å². The molecule has 1 atom stereocenters. The highest BCUT2D eigenvalue weighted by molar-refractivity contribution is 6.29. The van der Waals surface area contributed by atoms with Gasteiger partial charge in [-0.3, -0.25) is 5.43 Å². The van der Waals surface area contributed by atoms with Crippen LogP contribution in [-0.4, -0.2) is 23.6 Å². The lowest BCUT2D eigenvalue weighted by atomic mass is 10.1. The van der Waals surface area contributed by atoms with E-state index in [9.17, 15) is 0 Å². The summed E-state index contributed by atoms with van der Waals surface area (Å²) in [6.07, 6.45) is 4.28. The summed E-state index contributed by atoms with van der Waals surface area (Å²) in [7, 11) is 1.96. The van der Waals surface area contributed by atoms with Gasteiger partial charge >= 0.3 is 0 Å². The molecule has 1 aliphatic rings. The van der Waals surface area contributed by atoms with Crippen molar-refractivity contribution in [1.29, 1.82) is 0 Å². The third kappa shape index (κ3) is 1.90. The highest BCUT2D eigenvalue weighted by Gasteiger charge is 2.24. The Morgan fingerprint density at radius 3 is 3.07 bits per heavy atom. The maximum absolute atomic E-state index is 5.75. The number of halogens is 1. The lowest BCUT2D eigenvalue weighted by molar-refractivity contribution is 0.190. The maximum atomic E-state index is 5.75. The summed E-state index contributed by atoms with van der Waals surface area (Å²) in [5, 5.41) is 2.80. The van der Waals surface area contributed by atoms with E-state index >= 15 is 0 Å². The van der Waals surface area contributed by atoms with Gasteiger partial charge in [-0.1, -0.05) is 17.7 Å².